The number of aliphatic hydroxyl groups excluding tert-OH is 1. The van der Waals surface area contributed by atoms with E-state index in [4.69, 9.17) is 18.6 Å². The molecule has 148 valence electrons. The van der Waals surface area contributed by atoms with Gasteiger partial charge in [-0.1, -0.05) is 6.07 Å². The summed E-state index contributed by atoms with van der Waals surface area (Å²) >= 11 is 3.64. The molecule has 2 fully saturated rings. The van der Waals surface area contributed by atoms with E-state index in [1.165, 1.54) is 6.26 Å². The van der Waals surface area contributed by atoms with Crippen molar-refractivity contribution >= 4 is 29.5 Å². The summed E-state index contributed by atoms with van der Waals surface area (Å²) in [7, 11) is 0. The van der Waals surface area contributed by atoms with Crippen LogP contribution in [-0.4, -0.2) is 36.0 Å². The minimum absolute atomic E-state index is 0.198. The molecule has 28 heavy (non-hydrogen) atoms. The zero-order valence-corrected chi connectivity index (χ0v) is 16.7. The lowest BCUT2D eigenvalue weighted by Crippen LogP contribution is -2.39. The Morgan fingerprint density at radius 3 is 2.71 bits per heavy atom. The van der Waals surface area contributed by atoms with Crippen LogP contribution in [0.3, 0.4) is 0 Å². The lowest BCUT2D eigenvalue weighted by atomic mass is 9.83. The molecule has 8 heteroatoms. The van der Waals surface area contributed by atoms with Crippen molar-refractivity contribution in [1.29, 1.82) is 0 Å². The highest BCUT2D eigenvalue weighted by atomic mass is 32.2. The minimum Gasteiger partial charge on any atom is -0.467 e. The number of ether oxygens (including phenoxy) is 3. The number of rotatable bonds is 4. The molecule has 5 rings (SSSR count). The van der Waals surface area contributed by atoms with Gasteiger partial charge in [0.25, 0.3) is 0 Å². The fourth-order valence-corrected chi connectivity index (χ4v) is 7.77. The van der Waals surface area contributed by atoms with Crippen molar-refractivity contribution in [2.45, 2.75) is 16.6 Å². The van der Waals surface area contributed by atoms with Gasteiger partial charge in [0.2, 0.25) is 6.79 Å². The number of fused-ring (bicyclic) bond motifs is 1. The Hall–Kier alpha value is -1.77. The maximum absolute atomic E-state index is 12.6. The third-order valence-electron chi connectivity index (χ3n) is 5.47. The van der Waals surface area contributed by atoms with Crippen LogP contribution in [0, 0.1) is 11.8 Å². The Labute approximate surface area is 170 Å². The number of cyclic esters (lactones) is 1. The predicted molar refractivity (Wildman–Crippen MR) is 105 cm³/mol. The van der Waals surface area contributed by atoms with E-state index < -0.39 is 16.1 Å². The molecule has 0 radical (unpaired) electrons. The highest BCUT2D eigenvalue weighted by Gasteiger charge is 2.56. The Morgan fingerprint density at radius 2 is 1.93 bits per heavy atom. The van der Waals surface area contributed by atoms with Crippen LogP contribution in [0.5, 0.6) is 11.5 Å². The summed E-state index contributed by atoms with van der Waals surface area (Å²) in [5, 5.41) is 10.9. The number of benzene rings is 1. The molecule has 6 nitrogen and oxygen atoms in total. The van der Waals surface area contributed by atoms with E-state index in [2.05, 4.69) is 0 Å². The number of aliphatic hydroxyl groups is 1. The summed E-state index contributed by atoms with van der Waals surface area (Å²) in [5.74, 6) is 2.55. The van der Waals surface area contributed by atoms with Gasteiger partial charge < -0.3 is 23.7 Å². The standard InChI is InChI=1S/C20H20O6S2/c21-18(15-3-1-6-23-15)17-13(10-24-19(17)22)20(27-7-2-8-28-20)12-4-5-14-16(9-12)26-11-25-14/h1,3-6,9,13,17-18,21H,2,7-8,10-11H2/t13-,17-,18+/m0/s1. The van der Waals surface area contributed by atoms with Gasteiger partial charge in [-0.3, -0.25) is 4.79 Å². The van der Waals surface area contributed by atoms with Crippen molar-refractivity contribution < 1.29 is 28.5 Å². The molecule has 2 aromatic rings. The second-order valence-electron chi connectivity index (χ2n) is 7.01. The first-order valence-corrected chi connectivity index (χ1v) is 11.2. The first-order chi connectivity index (χ1) is 13.7. The zero-order valence-electron chi connectivity index (χ0n) is 15.0. The van der Waals surface area contributed by atoms with Crippen molar-refractivity contribution in [2.24, 2.45) is 11.8 Å². The second-order valence-corrected chi connectivity index (χ2v) is 9.95. The molecule has 1 aromatic heterocycles. The van der Waals surface area contributed by atoms with Gasteiger partial charge in [-0.05, 0) is 47.8 Å². The van der Waals surface area contributed by atoms with Gasteiger partial charge in [0, 0.05) is 5.92 Å². The topological polar surface area (TPSA) is 78.1 Å². The van der Waals surface area contributed by atoms with E-state index >= 15 is 0 Å². The molecule has 2 saturated heterocycles. The number of furan rings is 1. The third-order valence-corrected chi connectivity index (χ3v) is 9.10. The first-order valence-electron chi connectivity index (χ1n) is 9.25. The van der Waals surface area contributed by atoms with E-state index in [0.717, 1.165) is 35.0 Å². The Morgan fingerprint density at radius 1 is 1.11 bits per heavy atom. The Bertz CT molecular complexity index is 862. The SMILES string of the molecule is O=C1OC[C@H](C2(c3ccc4c(c3)OCO4)SCCCS2)[C@H]1[C@H](O)c1ccco1. The maximum atomic E-state index is 12.6. The largest absolute Gasteiger partial charge is 0.467 e. The highest BCUT2D eigenvalue weighted by Crippen LogP contribution is 2.60. The highest BCUT2D eigenvalue weighted by molar-refractivity contribution is 8.18. The number of carbonyl (C=O) groups is 1. The number of carbonyl (C=O) groups excluding carboxylic acids is 1. The van der Waals surface area contributed by atoms with Crippen LogP contribution < -0.4 is 9.47 Å². The van der Waals surface area contributed by atoms with Crippen molar-refractivity contribution in [1.82, 2.24) is 0 Å². The third kappa shape index (κ3) is 2.89. The van der Waals surface area contributed by atoms with Gasteiger partial charge in [0.15, 0.2) is 11.5 Å². The van der Waals surface area contributed by atoms with Gasteiger partial charge in [-0.25, -0.2) is 0 Å². The molecule has 4 heterocycles. The zero-order chi connectivity index (χ0) is 19.1. The molecule has 3 aliphatic heterocycles. The quantitative estimate of drug-likeness (QED) is 0.753. The monoisotopic (exact) mass is 420 g/mol. The summed E-state index contributed by atoms with van der Waals surface area (Å²) in [4.78, 5) is 12.6. The molecule has 1 aromatic carbocycles. The molecule has 0 saturated carbocycles. The fraction of sp³-hybridized carbons (Fsp3) is 0.450. The molecule has 0 unspecified atom stereocenters. The van der Waals surface area contributed by atoms with Gasteiger partial charge in [-0.15, -0.1) is 23.5 Å². The van der Waals surface area contributed by atoms with Crippen LogP contribution in [0.2, 0.25) is 0 Å². The average molecular weight is 421 g/mol. The molecule has 1 N–H and O–H groups in total. The lowest BCUT2D eigenvalue weighted by Gasteiger charge is -2.42. The average Bonchev–Trinajstić information content (AvgIpc) is 3.48. The number of esters is 1. The van der Waals surface area contributed by atoms with Crippen molar-refractivity contribution in [3.05, 3.63) is 47.9 Å². The van der Waals surface area contributed by atoms with E-state index in [1.807, 2.05) is 41.7 Å². The fourth-order valence-electron chi connectivity index (χ4n) is 4.12. The van der Waals surface area contributed by atoms with E-state index in [1.54, 1.807) is 12.1 Å². The summed E-state index contributed by atoms with van der Waals surface area (Å²) < 4.78 is 21.5. The molecular weight excluding hydrogens is 400 g/mol. The molecule has 3 atom stereocenters. The van der Waals surface area contributed by atoms with Crippen LogP contribution in [-0.2, 0) is 13.6 Å². The van der Waals surface area contributed by atoms with Crippen molar-refractivity contribution in [2.75, 3.05) is 24.9 Å². The molecule has 3 aliphatic rings. The number of thioether (sulfide) groups is 2. The van der Waals surface area contributed by atoms with E-state index in [0.29, 0.717) is 5.76 Å². The summed E-state index contributed by atoms with van der Waals surface area (Å²) in [6.07, 6.45) is 1.57. The summed E-state index contributed by atoms with van der Waals surface area (Å²) in [6, 6.07) is 9.38. The number of hydrogen-bond acceptors (Lipinski definition) is 8. The smallest absolute Gasteiger partial charge is 0.312 e. The van der Waals surface area contributed by atoms with Crippen LogP contribution in [0.4, 0.5) is 0 Å². The van der Waals surface area contributed by atoms with Crippen molar-refractivity contribution in [3.8, 4) is 11.5 Å². The summed E-state index contributed by atoms with van der Waals surface area (Å²) in [5.41, 5.74) is 1.06. The first kappa shape index (κ1) is 18.3. The normalized spacial score (nSPS) is 26.8. The number of hydrogen-bond donors (Lipinski definition) is 1. The van der Waals surface area contributed by atoms with Crippen LogP contribution in [0.15, 0.2) is 41.0 Å². The van der Waals surface area contributed by atoms with E-state index in [9.17, 15) is 9.90 Å². The van der Waals surface area contributed by atoms with Gasteiger partial charge in [0.05, 0.1) is 22.9 Å². The second kappa shape index (κ2) is 7.24. The van der Waals surface area contributed by atoms with Crippen molar-refractivity contribution in [3.63, 3.8) is 0 Å². The molecule has 0 aliphatic carbocycles. The predicted octanol–water partition coefficient (Wildman–Crippen LogP) is 3.55. The minimum atomic E-state index is -1.04. The molecule has 0 spiro atoms. The van der Waals surface area contributed by atoms with Gasteiger partial charge >= 0.3 is 5.97 Å². The molecular formula is C20H20O6S2. The van der Waals surface area contributed by atoms with Crippen LogP contribution in [0.1, 0.15) is 23.8 Å². The Kier molecular flexibility index (Phi) is 4.72. The van der Waals surface area contributed by atoms with E-state index in [-0.39, 0.29) is 25.3 Å². The molecule has 0 amide bonds. The summed E-state index contributed by atoms with van der Waals surface area (Å²) in [6.45, 7) is 0.493. The lowest BCUT2D eigenvalue weighted by molar-refractivity contribution is -0.144. The van der Waals surface area contributed by atoms with Gasteiger partial charge in [-0.2, -0.15) is 0 Å². The van der Waals surface area contributed by atoms with Gasteiger partial charge in [0.1, 0.15) is 11.9 Å². The van der Waals surface area contributed by atoms with Crippen LogP contribution in [0.25, 0.3) is 0 Å². The molecule has 0 bridgehead atoms. The Balaban J connectivity index is 1.56. The van der Waals surface area contributed by atoms with Crippen LogP contribution >= 0.6 is 23.5 Å². The maximum Gasteiger partial charge on any atom is 0.312 e.